The number of benzene rings is 1. The van der Waals surface area contributed by atoms with E-state index < -0.39 is 42.1 Å². The smallest absolute Gasteiger partial charge is 0.328 e. The average molecular weight is 572 g/mol. The molecule has 41 heavy (non-hydrogen) atoms. The van der Waals surface area contributed by atoms with Crippen molar-refractivity contribution in [1.82, 2.24) is 26.6 Å². The van der Waals surface area contributed by atoms with Gasteiger partial charge in [0.25, 0.3) is 0 Å². The Bertz CT molecular complexity index is 1100. The molecule has 0 fully saturated rings. The molecule has 2 unspecified atom stereocenters. The molecule has 0 saturated carbocycles. The van der Waals surface area contributed by atoms with Crippen molar-refractivity contribution in [3.8, 4) is 0 Å². The summed E-state index contributed by atoms with van der Waals surface area (Å²) in [5.74, 6) is -2.24. The second-order valence-corrected chi connectivity index (χ2v) is 11.1. The third kappa shape index (κ3) is 11.3. The maximum absolute atomic E-state index is 13.4. The number of esters is 1. The first-order valence-corrected chi connectivity index (χ1v) is 14.2. The van der Waals surface area contributed by atoms with Crippen LogP contribution < -0.4 is 26.6 Å². The van der Waals surface area contributed by atoms with E-state index in [9.17, 15) is 24.0 Å². The molecule has 1 aromatic rings. The fourth-order valence-corrected chi connectivity index (χ4v) is 4.51. The molecule has 11 nitrogen and oxygen atoms in total. The van der Waals surface area contributed by atoms with Crippen molar-refractivity contribution in [1.29, 1.82) is 0 Å². The number of amides is 5. The van der Waals surface area contributed by atoms with Crippen LogP contribution >= 0.6 is 0 Å². The number of carbonyl (C=O) groups is 5. The quantitative estimate of drug-likeness (QED) is 0.285. The van der Waals surface area contributed by atoms with Crippen LogP contribution in [0.4, 0.5) is 4.79 Å². The minimum absolute atomic E-state index is 0.227. The molecule has 0 bridgehead atoms. The predicted octanol–water partition coefficient (Wildman–Crippen LogP) is 1.88. The number of methoxy groups -OCH3 is 1. The van der Waals surface area contributed by atoms with Gasteiger partial charge in [0.05, 0.1) is 13.2 Å². The van der Waals surface area contributed by atoms with Gasteiger partial charge in [0, 0.05) is 12.6 Å². The highest BCUT2D eigenvalue weighted by molar-refractivity contribution is 5.93. The second kappa shape index (κ2) is 16.4. The van der Waals surface area contributed by atoms with E-state index in [2.05, 4.69) is 26.6 Å². The lowest BCUT2D eigenvalue weighted by Gasteiger charge is -2.27. The molecule has 5 N–H and O–H groups in total. The summed E-state index contributed by atoms with van der Waals surface area (Å²) in [6.07, 6.45) is 5.11. The van der Waals surface area contributed by atoms with Crippen molar-refractivity contribution < 1.29 is 28.7 Å². The molecule has 0 radical (unpaired) electrons. The van der Waals surface area contributed by atoms with Gasteiger partial charge in [-0.1, -0.05) is 63.6 Å². The van der Waals surface area contributed by atoms with Crippen LogP contribution in [0.1, 0.15) is 58.1 Å². The topological polar surface area (TPSA) is 155 Å². The summed E-state index contributed by atoms with van der Waals surface area (Å²) in [6.45, 7) is 9.51. The van der Waals surface area contributed by atoms with Crippen LogP contribution in [-0.2, 0) is 30.3 Å². The monoisotopic (exact) mass is 571 g/mol. The van der Waals surface area contributed by atoms with Gasteiger partial charge in [-0.3, -0.25) is 14.4 Å². The van der Waals surface area contributed by atoms with E-state index in [0.29, 0.717) is 32.2 Å². The van der Waals surface area contributed by atoms with E-state index in [1.165, 1.54) is 13.2 Å². The molecule has 0 aliphatic carbocycles. The lowest BCUT2D eigenvalue weighted by Crippen LogP contribution is -2.59. The zero-order valence-corrected chi connectivity index (χ0v) is 24.9. The summed E-state index contributed by atoms with van der Waals surface area (Å²) in [4.78, 5) is 63.8. The summed E-state index contributed by atoms with van der Waals surface area (Å²) in [5, 5.41) is 13.9. The third-order valence-corrected chi connectivity index (χ3v) is 6.84. The average Bonchev–Trinajstić information content (AvgIpc) is 2.90. The predicted molar refractivity (Wildman–Crippen MR) is 156 cm³/mol. The first kappa shape index (κ1) is 33.3. The molecule has 5 amide bonds. The number of aryl methyl sites for hydroxylation is 1. The van der Waals surface area contributed by atoms with Crippen molar-refractivity contribution in [2.75, 3.05) is 13.7 Å². The maximum atomic E-state index is 13.4. The van der Waals surface area contributed by atoms with E-state index in [0.717, 1.165) is 11.1 Å². The molecule has 226 valence electrons. The zero-order chi connectivity index (χ0) is 30.5. The van der Waals surface area contributed by atoms with E-state index in [-0.39, 0.29) is 23.7 Å². The molecule has 1 aliphatic rings. The van der Waals surface area contributed by atoms with Crippen LogP contribution in [0, 0.1) is 18.8 Å². The van der Waals surface area contributed by atoms with E-state index in [1.807, 2.05) is 31.2 Å². The molecule has 1 heterocycles. The Morgan fingerprint density at radius 1 is 1.02 bits per heavy atom. The SMILES string of the molecule is COC(=O)C(NC(=O)NC(C(=O)N[C@H]1CCCCNC(=O)/C=C/[C@H](Cc2cccc(C)c2)NC1=O)C(C)C)C(C)C. The highest BCUT2D eigenvalue weighted by Gasteiger charge is 2.31. The Morgan fingerprint density at radius 2 is 1.71 bits per heavy atom. The van der Waals surface area contributed by atoms with Crippen molar-refractivity contribution in [2.45, 2.75) is 84.5 Å². The summed E-state index contributed by atoms with van der Waals surface area (Å²) in [7, 11) is 1.24. The third-order valence-electron chi connectivity index (χ3n) is 6.84. The summed E-state index contributed by atoms with van der Waals surface area (Å²) >= 11 is 0. The van der Waals surface area contributed by atoms with Crippen LogP contribution in [0.3, 0.4) is 0 Å². The van der Waals surface area contributed by atoms with Gasteiger partial charge in [-0.2, -0.15) is 0 Å². The normalized spacial score (nSPS) is 20.4. The molecular formula is C30H45N5O6. The van der Waals surface area contributed by atoms with Gasteiger partial charge in [-0.25, -0.2) is 9.59 Å². The van der Waals surface area contributed by atoms with E-state index in [4.69, 9.17) is 4.74 Å². The molecule has 0 saturated heterocycles. The number of ether oxygens (including phenoxy) is 1. The van der Waals surface area contributed by atoms with Gasteiger partial charge >= 0.3 is 12.0 Å². The lowest BCUT2D eigenvalue weighted by atomic mass is 10.0. The highest BCUT2D eigenvalue weighted by atomic mass is 16.5. The van der Waals surface area contributed by atoms with Crippen LogP contribution in [0.5, 0.6) is 0 Å². The van der Waals surface area contributed by atoms with Crippen LogP contribution in [0.15, 0.2) is 36.4 Å². The molecule has 4 atom stereocenters. The Balaban J connectivity index is 2.18. The Labute approximate surface area is 242 Å². The first-order valence-electron chi connectivity index (χ1n) is 14.2. The molecule has 1 aromatic carbocycles. The minimum Gasteiger partial charge on any atom is -0.467 e. The highest BCUT2D eigenvalue weighted by Crippen LogP contribution is 2.11. The molecule has 0 aromatic heterocycles. The second-order valence-electron chi connectivity index (χ2n) is 11.1. The molecular weight excluding hydrogens is 526 g/mol. The van der Waals surface area contributed by atoms with E-state index >= 15 is 0 Å². The standard InChI is InChI=1S/C30H45N5O6/c1-18(2)25(34-30(40)35-26(19(3)4)29(39)41-6)28(38)33-23-12-7-8-15-31-24(36)14-13-22(32-27(23)37)17-21-11-9-10-20(5)16-21/h9-11,13-14,16,18-19,22-23,25-26H,7-8,12,15,17H2,1-6H3,(H,31,36)(H,32,37)(H,33,38)(H2,34,35,40)/b14-13+/t22-,23+,25?,26?/m1/s1. The Hall–Kier alpha value is -3.89. The van der Waals surface area contributed by atoms with Crippen LogP contribution in [0.25, 0.3) is 0 Å². The van der Waals surface area contributed by atoms with Gasteiger partial charge in [-0.15, -0.1) is 0 Å². The summed E-state index contributed by atoms with van der Waals surface area (Å²) in [6, 6.07) is 4.02. The first-order chi connectivity index (χ1) is 19.4. The van der Waals surface area contributed by atoms with Gasteiger partial charge < -0.3 is 31.3 Å². The van der Waals surface area contributed by atoms with E-state index in [1.54, 1.807) is 33.8 Å². The van der Waals surface area contributed by atoms with Crippen LogP contribution in [-0.4, -0.2) is 67.5 Å². The van der Waals surface area contributed by atoms with Gasteiger partial charge in [0.1, 0.15) is 18.1 Å². The Kier molecular flexibility index (Phi) is 13.3. The zero-order valence-electron chi connectivity index (χ0n) is 24.9. The maximum Gasteiger partial charge on any atom is 0.328 e. The summed E-state index contributed by atoms with van der Waals surface area (Å²) in [5.41, 5.74) is 2.08. The van der Waals surface area contributed by atoms with Gasteiger partial charge in [0.15, 0.2) is 0 Å². The minimum atomic E-state index is -0.961. The molecule has 2 rings (SSSR count). The molecule has 1 aliphatic heterocycles. The fraction of sp³-hybridized carbons (Fsp3) is 0.567. The number of hydrogen-bond acceptors (Lipinski definition) is 6. The fourth-order valence-electron chi connectivity index (χ4n) is 4.51. The molecule has 0 spiro atoms. The number of urea groups is 1. The summed E-state index contributed by atoms with van der Waals surface area (Å²) < 4.78 is 4.77. The van der Waals surface area contributed by atoms with Crippen molar-refractivity contribution in [3.05, 3.63) is 47.5 Å². The van der Waals surface area contributed by atoms with Gasteiger partial charge in [0.2, 0.25) is 17.7 Å². The largest absolute Gasteiger partial charge is 0.467 e. The van der Waals surface area contributed by atoms with Crippen LogP contribution in [0.2, 0.25) is 0 Å². The van der Waals surface area contributed by atoms with Gasteiger partial charge in [-0.05, 0) is 50.0 Å². The van der Waals surface area contributed by atoms with Crippen molar-refractivity contribution >= 4 is 29.7 Å². The van der Waals surface area contributed by atoms with Crippen molar-refractivity contribution in [2.24, 2.45) is 11.8 Å². The van der Waals surface area contributed by atoms with Crippen molar-refractivity contribution in [3.63, 3.8) is 0 Å². The number of hydrogen-bond donors (Lipinski definition) is 5. The number of rotatable bonds is 9. The Morgan fingerprint density at radius 3 is 2.34 bits per heavy atom. The number of carbonyl (C=O) groups excluding carboxylic acids is 5. The number of nitrogens with one attached hydrogen (secondary N) is 5. The molecule has 11 heteroatoms. The lowest BCUT2D eigenvalue weighted by molar-refractivity contribution is -0.144.